The van der Waals surface area contributed by atoms with E-state index in [0.29, 0.717) is 31.9 Å². The molecule has 0 amide bonds. The number of aromatic amines is 1. The molecular weight excluding hydrogens is 340 g/mol. The van der Waals surface area contributed by atoms with E-state index in [1.165, 1.54) is 0 Å². The van der Waals surface area contributed by atoms with Crippen LogP contribution < -0.4 is 0 Å². The van der Waals surface area contributed by atoms with Crippen LogP contribution in [-0.2, 0) is 14.8 Å². The van der Waals surface area contributed by atoms with E-state index in [1.54, 1.807) is 11.4 Å². The van der Waals surface area contributed by atoms with Crippen LogP contribution in [0, 0.1) is 5.92 Å². The number of benzene rings is 1. The van der Waals surface area contributed by atoms with Gasteiger partial charge in [0, 0.05) is 37.6 Å². The molecule has 1 aliphatic rings. The summed E-state index contributed by atoms with van der Waals surface area (Å²) in [6, 6.07) is 9.72. The van der Waals surface area contributed by atoms with Gasteiger partial charge in [0.2, 0.25) is 10.0 Å². The van der Waals surface area contributed by atoms with Crippen molar-refractivity contribution in [1.82, 2.24) is 19.5 Å². The molecule has 0 radical (unpaired) electrons. The number of nitrogens with zero attached hydrogens (tertiary/aromatic N) is 3. The number of aromatic nitrogens is 3. The number of ether oxygens (including phenoxy) is 1. The SMILES string of the molecule is CCCS(=O)(=O)N1C[C@@H](COC)[C@H](c2nc(-c3ccccc3)n[nH]2)C1. The molecule has 3 rings (SSSR count). The second-order valence-electron chi connectivity index (χ2n) is 6.37. The predicted molar refractivity (Wildman–Crippen MR) is 95.6 cm³/mol. The third-order valence-corrected chi connectivity index (χ3v) is 6.54. The molecule has 136 valence electrons. The van der Waals surface area contributed by atoms with Crippen LogP contribution in [0.4, 0.5) is 0 Å². The Labute approximate surface area is 148 Å². The van der Waals surface area contributed by atoms with Gasteiger partial charge in [0.1, 0.15) is 5.82 Å². The van der Waals surface area contributed by atoms with E-state index in [2.05, 4.69) is 15.2 Å². The molecule has 0 spiro atoms. The van der Waals surface area contributed by atoms with Crippen molar-refractivity contribution in [3.63, 3.8) is 0 Å². The Balaban J connectivity index is 1.83. The van der Waals surface area contributed by atoms with E-state index >= 15 is 0 Å². The Morgan fingerprint density at radius 2 is 2.04 bits per heavy atom. The predicted octanol–water partition coefficient (Wildman–Crippen LogP) is 1.87. The zero-order chi connectivity index (χ0) is 17.9. The number of rotatable bonds is 7. The van der Waals surface area contributed by atoms with E-state index in [9.17, 15) is 8.42 Å². The first-order chi connectivity index (χ1) is 12.0. The molecule has 25 heavy (non-hydrogen) atoms. The maximum atomic E-state index is 12.4. The lowest BCUT2D eigenvalue weighted by molar-refractivity contribution is 0.150. The highest BCUT2D eigenvalue weighted by atomic mass is 32.2. The largest absolute Gasteiger partial charge is 0.384 e. The molecule has 0 saturated carbocycles. The summed E-state index contributed by atoms with van der Waals surface area (Å²) < 4.78 is 31.7. The van der Waals surface area contributed by atoms with Gasteiger partial charge in [0.25, 0.3) is 0 Å². The monoisotopic (exact) mass is 364 g/mol. The summed E-state index contributed by atoms with van der Waals surface area (Å²) in [5.41, 5.74) is 0.932. The number of methoxy groups -OCH3 is 1. The Morgan fingerprint density at radius 3 is 2.72 bits per heavy atom. The van der Waals surface area contributed by atoms with Gasteiger partial charge in [0.15, 0.2) is 5.82 Å². The molecule has 1 N–H and O–H groups in total. The standard InChI is InChI=1S/C17H24N4O3S/c1-3-9-25(22,23)21-10-14(12-24-2)15(11-21)17-18-16(19-20-17)13-7-5-4-6-8-13/h4-8,14-15H,3,9-12H2,1-2H3,(H,18,19,20)/t14-,15+/m0/s1. The second-order valence-corrected chi connectivity index (χ2v) is 8.45. The molecule has 2 atom stereocenters. The Morgan fingerprint density at radius 1 is 1.28 bits per heavy atom. The molecule has 1 saturated heterocycles. The van der Waals surface area contributed by atoms with Gasteiger partial charge in [-0.25, -0.2) is 17.7 Å². The normalized spacial score (nSPS) is 21.7. The fourth-order valence-electron chi connectivity index (χ4n) is 3.30. The van der Waals surface area contributed by atoms with E-state index in [1.807, 2.05) is 37.3 Å². The summed E-state index contributed by atoms with van der Waals surface area (Å²) in [4.78, 5) is 4.61. The number of hydrogen-bond donors (Lipinski definition) is 1. The Kier molecular flexibility index (Phi) is 5.51. The Bertz CT molecular complexity index is 791. The van der Waals surface area contributed by atoms with Gasteiger partial charge >= 0.3 is 0 Å². The average molecular weight is 364 g/mol. The fourth-order valence-corrected chi connectivity index (χ4v) is 4.88. The molecule has 0 unspecified atom stereocenters. The van der Waals surface area contributed by atoms with Gasteiger partial charge in [-0.15, -0.1) is 0 Å². The third-order valence-electron chi connectivity index (χ3n) is 4.53. The summed E-state index contributed by atoms with van der Waals surface area (Å²) >= 11 is 0. The minimum absolute atomic E-state index is 0.0449. The zero-order valence-electron chi connectivity index (χ0n) is 14.6. The van der Waals surface area contributed by atoms with Crippen molar-refractivity contribution in [3.8, 4) is 11.4 Å². The topological polar surface area (TPSA) is 88.2 Å². The van der Waals surface area contributed by atoms with E-state index < -0.39 is 10.0 Å². The molecular formula is C17H24N4O3S. The minimum atomic E-state index is -3.23. The van der Waals surface area contributed by atoms with Crippen LogP contribution in [-0.4, -0.2) is 60.5 Å². The van der Waals surface area contributed by atoms with Crippen LogP contribution in [0.2, 0.25) is 0 Å². The lowest BCUT2D eigenvalue weighted by Crippen LogP contribution is -2.31. The maximum absolute atomic E-state index is 12.4. The van der Waals surface area contributed by atoms with Crippen molar-refractivity contribution >= 4 is 10.0 Å². The van der Waals surface area contributed by atoms with Crippen LogP contribution in [0.25, 0.3) is 11.4 Å². The molecule has 0 bridgehead atoms. The first-order valence-electron chi connectivity index (χ1n) is 8.49. The fraction of sp³-hybridized carbons (Fsp3) is 0.529. The van der Waals surface area contributed by atoms with E-state index in [0.717, 1.165) is 11.4 Å². The van der Waals surface area contributed by atoms with Crippen molar-refractivity contribution in [2.24, 2.45) is 5.92 Å². The molecule has 1 aliphatic heterocycles. The molecule has 2 heterocycles. The quantitative estimate of drug-likeness (QED) is 0.810. The van der Waals surface area contributed by atoms with Crippen LogP contribution in [0.1, 0.15) is 25.1 Å². The average Bonchev–Trinajstić information content (AvgIpc) is 3.23. The smallest absolute Gasteiger partial charge is 0.214 e. The van der Waals surface area contributed by atoms with Crippen LogP contribution >= 0.6 is 0 Å². The van der Waals surface area contributed by atoms with Crippen molar-refractivity contribution in [3.05, 3.63) is 36.2 Å². The zero-order valence-corrected chi connectivity index (χ0v) is 15.4. The van der Waals surface area contributed by atoms with E-state index in [-0.39, 0.29) is 17.6 Å². The minimum Gasteiger partial charge on any atom is -0.384 e. The van der Waals surface area contributed by atoms with Crippen molar-refractivity contribution in [2.75, 3.05) is 32.6 Å². The summed E-state index contributed by atoms with van der Waals surface area (Å²) in [6.45, 7) is 3.24. The third kappa shape index (κ3) is 3.91. The highest BCUT2D eigenvalue weighted by molar-refractivity contribution is 7.89. The number of nitrogens with one attached hydrogen (secondary N) is 1. The second kappa shape index (κ2) is 7.63. The maximum Gasteiger partial charge on any atom is 0.214 e. The first-order valence-corrected chi connectivity index (χ1v) is 10.1. The molecule has 7 nitrogen and oxygen atoms in total. The highest BCUT2D eigenvalue weighted by Crippen LogP contribution is 2.33. The van der Waals surface area contributed by atoms with Crippen LogP contribution in [0.5, 0.6) is 0 Å². The molecule has 2 aromatic rings. The lowest BCUT2D eigenvalue weighted by Gasteiger charge is -2.15. The lowest BCUT2D eigenvalue weighted by atomic mass is 9.96. The van der Waals surface area contributed by atoms with Crippen molar-refractivity contribution < 1.29 is 13.2 Å². The summed E-state index contributed by atoms with van der Waals surface area (Å²) in [5, 5.41) is 7.30. The van der Waals surface area contributed by atoms with Gasteiger partial charge in [-0.05, 0) is 6.42 Å². The molecule has 0 aliphatic carbocycles. The number of hydrogen-bond acceptors (Lipinski definition) is 5. The number of sulfonamides is 1. The molecule has 1 aromatic carbocycles. The van der Waals surface area contributed by atoms with Gasteiger partial charge in [-0.1, -0.05) is 37.3 Å². The molecule has 1 aromatic heterocycles. The van der Waals surface area contributed by atoms with Crippen LogP contribution in [0.15, 0.2) is 30.3 Å². The van der Waals surface area contributed by atoms with Crippen molar-refractivity contribution in [1.29, 1.82) is 0 Å². The van der Waals surface area contributed by atoms with Crippen molar-refractivity contribution in [2.45, 2.75) is 19.3 Å². The summed E-state index contributed by atoms with van der Waals surface area (Å²) in [6.07, 6.45) is 0.610. The van der Waals surface area contributed by atoms with Crippen LogP contribution in [0.3, 0.4) is 0 Å². The van der Waals surface area contributed by atoms with E-state index in [4.69, 9.17) is 4.74 Å². The summed E-state index contributed by atoms with van der Waals surface area (Å²) in [7, 11) is -1.60. The first kappa shape index (κ1) is 18.0. The summed E-state index contributed by atoms with van der Waals surface area (Å²) in [5.74, 6) is 1.53. The van der Waals surface area contributed by atoms with Gasteiger partial charge in [-0.2, -0.15) is 5.10 Å². The van der Waals surface area contributed by atoms with Gasteiger partial charge in [0.05, 0.1) is 12.4 Å². The molecule has 8 heteroatoms. The number of H-pyrrole nitrogens is 1. The van der Waals surface area contributed by atoms with Gasteiger partial charge < -0.3 is 4.74 Å². The van der Waals surface area contributed by atoms with Gasteiger partial charge in [-0.3, -0.25) is 5.10 Å². The molecule has 1 fully saturated rings. The Hall–Kier alpha value is -1.77. The highest BCUT2D eigenvalue weighted by Gasteiger charge is 2.40.